The first-order valence-corrected chi connectivity index (χ1v) is 8.08. The Hall–Kier alpha value is -2.76. The number of nitroso groups, excluding NO2 is 2. The molecule has 0 saturated carbocycles. The van der Waals surface area contributed by atoms with Crippen molar-refractivity contribution in [2.45, 2.75) is 13.8 Å². The summed E-state index contributed by atoms with van der Waals surface area (Å²) in [4.78, 5) is 25.5. The van der Waals surface area contributed by atoms with Crippen molar-refractivity contribution in [3.63, 3.8) is 0 Å². The lowest BCUT2D eigenvalue weighted by Gasteiger charge is -2.29. The van der Waals surface area contributed by atoms with Crippen molar-refractivity contribution in [3.05, 3.63) is 58.3 Å². The average molecular weight is 326 g/mol. The van der Waals surface area contributed by atoms with Gasteiger partial charge in [-0.1, -0.05) is 0 Å². The van der Waals surface area contributed by atoms with Crippen molar-refractivity contribution < 1.29 is 0 Å². The molecule has 0 saturated heterocycles. The molecule has 24 heavy (non-hydrogen) atoms. The summed E-state index contributed by atoms with van der Waals surface area (Å²) in [5.41, 5.74) is 3.02. The van der Waals surface area contributed by atoms with Crippen LogP contribution in [0.2, 0.25) is 0 Å². The van der Waals surface area contributed by atoms with Crippen molar-refractivity contribution in [1.29, 1.82) is 0 Å². The number of benzene rings is 2. The summed E-state index contributed by atoms with van der Waals surface area (Å²) in [5.74, 6) is 0. The number of anilines is 2. The molecule has 0 radical (unpaired) electrons. The maximum absolute atomic E-state index is 10.5. The van der Waals surface area contributed by atoms with Crippen molar-refractivity contribution >= 4 is 22.7 Å². The number of hydrogen-bond donors (Lipinski definition) is 0. The number of hydrogen-bond acceptors (Lipinski definition) is 6. The summed E-state index contributed by atoms with van der Waals surface area (Å²) in [6, 6.07) is 14.6. The van der Waals surface area contributed by atoms with E-state index in [0.717, 1.165) is 37.6 Å². The van der Waals surface area contributed by atoms with Crippen molar-refractivity contribution in [2.24, 2.45) is 10.4 Å². The highest BCUT2D eigenvalue weighted by Gasteiger charge is 2.09. The van der Waals surface area contributed by atoms with Gasteiger partial charge in [0.1, 0.15) is 11.4 Å². The molecule has 0 heterocycles. The van der Waals surface area contributed by atoms with Gasteiger partial charge in [0.15, 0.2) is 0 Å². The van der Waals surface area contributed by atoms with E-state index in [0.29, 0.717) is 11.4 Å². The lowest BCUT2D eigenvalue weighted by Crippen LogP contribution is -2.35. The Bertz CT molecular complexity index is 596. The average Bonchev–Trinajstić information content (AvgIpc) is 2.66. The molecule has 2 rings (SSSR count). The number of nitrogens with zero attached hydrogens (tertiary/aromatic N) is 4. The first kappa shape index (κ1) is 17.6. The molecule has 0 atom stereocenters. The zero-order chi connectivity index (χ0) is 17.4. The van der Waals surface area contributed by atoms with E-state index < -0.39 is 0 Å². The van der Waals surface area contributed by atoms with Gasteiger partial charge in [-0.2, -0.15) is 0 Å². The van der Waals surface area contributed by atoms with Gasteiger partial charge in [0, 0.05) is 37.6 Å². The fourth-order valence-corrected chi connectivity index (χ4v) is 2.63. The quantitative estimate of drug-likeness (QED) is 0.619. The molecule has 126 valence electrons. The third kappa shape index (κ3) is 4.38. The summed E-state index contributed by atoms with van der Waals surface area (Å²) in [7, 11) is 0. The van der Waals surface area contributed by atoms with Gasteiger partial charge in [0.25, 0.3) is 0 Å². The standard InChI is InChI=1S/C18H22N4O2/c1-3-21(17-9-5-15(19-23)6-10-17)13-14-22(4-2)18-11-7-16(20-24)8-12-18/h5-12H,3-4,13-14H2,1-2H3. The molecular formula is C18H22N4O2. The Morgan fingerprint density at radius 2 is 1.00 bits per heavy atom. The first-order valence-electron chi connectivity index (χ1n) is 8.08. The Morgan fingerprint density at radius 1 is 0.667 bits per heavy atom. The van der Waals surface area contributed by atoms with Crippen LogP contribution in [-0.2, 0) is 0 Å². The normalized spacial score (nSPS) is 10.2. The minimum absolute atomic E-state index is 0.439. The van der Waals surface area contributed by atoms with E-state index >= 15 is 0 Å². The Labute approximate surface area is 142 Å². The SMILES string of the molecule is CCN(CCN(CC)c1ccc(N=O)cc1)c1ccc(N=O)cc1. The molecule has 6 heteroatoms. The minimum Gasteiger partial charge on any atom is -0.370 e. The molecule has 2 aromatic rings. The van der Waals surface area contributed by atoms with Gasteiger partial charge >= 0.3 is 0 Å². The molecule has 0 bridgehead atoms. The van der Waals surface area contributed by atoms with Crippen LogP contribution in [0.15, 0.2) is 58.9 Å². The van der Waals surface area contributed by atoms with Crippen LogP contribution in [0, 0.1) is 9.81 Å². The van der Waals surface area contributed by atoms with E-state index in [1.807, 2.05) is 24.3 Å². The van der Waals surface area contributed by atoms with E-state index in [1.54, 1.807) is 24.3 Å². The lowest BCUT2D eigenvalue weighted by molar-refractivity contribution is 0.754. The molecule has 2 aromatic carbocycles. The second-order valence-electron chi connectivity index (χ2n) is 5.37. The maximum Gasteiger partial charge on any atom is 0.108 e. The Kier molecular flexibility index (Phi) is 6.42. The number of rotatable bonds is 9. The zero-order valence-electron chi connectivity index (χ0n) is 14.1. The first-order chi connectivity index (χ1) is 11.7. The topological polar surface area (TPSA) is 65.3 Å². The molecular weight excluding hydrogens is 304 g/mol. The molecule has 0 amide bonds. The van der Waals surface area contributed by atoms with Crippen LogP contribution in [0.4, 0.5) is 22.7 Å². The predicted molar refractivity (Wildman–Crippen MR) is 99.6 cm³/mol. The van der Waals surface area contributed by atoms with Gasteiger partial charge in [-0.3, -0.25) is 0 Å². The van der Waals surface area contributed by atoms with E-state index in [9.17, 15) is 9.81 Å². The molecule has 0 N–H and O–H groups in total. The van der Waals surface area contributed by atoms with E-state index in [1.165, 1.54) is 0 Å². The molecule has 0 unspecified atom stereocenters. The third-order valence-corrected chi connectivity index (χ3v) is 4.04. The van der Waals surface area contributed by atoms with Crippen LogP contribution in [0.3, 0.4) is 0 Å². The van der Waals surface area contributed by atoms with Gasteiger partial charge in [0.05, 0.1) is 0 Å². The van der Waals surface area contributed by atoms with Gasteiger partial charge in [-0.05, 0) is 72.7 Å². The predicted octanol–water partition coefficient (Wildman–Crippen LogP) is 4.84. The van der Waals surface area contributed by atoms with Crippen molar-refractivity contribution in [1.82, 2.24) is 0 Å². The van der Waals surface area contributed by atoms with Crippen LogP contribution in [0.5, 0.6) is 0 Å². The molecule has 6 nitrogen and oxygen atoms in total. The van der Waals surface area contributed by atoms with Crippen molar-refractivity contribution in [3.8, 4) is 0 Å². The third-order valence-electron chi connectivity index (χ3n) is 4.04. The van der Waals surface area contributed by atoms with Crippen LogP contribution >= 0.6 is 0 Å². The van der Waals surface area contributed by atoms with E-state index in [2.05, 4.69) is 34.0 Å². The molecule has 0 fully saturated rings. The summed E-state index contributed by atoms with van der Waals surface area (Å²) in [5, 5.41) is 5.86. The van der Waals surface area contributed by atoms with Gasteiger partial charge in [-0.15, -0.1) is 9.81 Å². The molecule has 0 aliphatic heterocycles. The maximum atomic E-state index is 10.5. The largest absolute Gasteiger partial charge is 0.370 e. The summed E-state index contributed by atoms with van der Waals surface area (Å²) in [6.07, 6.45) is 0. The van der Waals surface area contributed by atoms with Crippen LogP contribution in [0.25, 0.3) is 0 Å². The smallest absolute Gasteiger partial charge is 0.108 e. The minimum atomic E-state index is 0.439. The van der Waals surface area contributed by atoms with Crippen LogP contribution in [0.1, 0.15) is 13.8 Å². The second-order valence-corrected chi connectivity index (χ2v) is 5.37. The van der Waals surface area contributed by atoms with Crippen LogP contribution in [-0.4, -0.2) is 26.2 Å². The van der Waals surface area contributed by atoms with Crippen molar-refractivity contribution in [2.75, 3.05) is 36.0 Å². The highest BCUT2D eigenvalue weighted by atomic mass is 16.3. The second kappa shape index (κ2) is 8.76. The highest BCUT2D eigenvalue weighted by Crippen LogP contribution is 2.21. The van der Waals surface area contributed by atoms with Gasteiger partial charge < -0.3 is 9.80 Å². The van der Waals surface area contributed by atoms with Gasteiger partial charge in [-0.25, -0.2) is 0 Å². The summed E-state index contributed by atoms with van der Waals surface area (Å²) in [6.45, 7) is 7.66. The molecule has 0 spiro atoms. The Balaban J connectivity index is 2.03. The lowest BCUT2D eigenvalue weighted by atomic mass is 10.2. The summed E-state index contributed by atoms with van der Waals surface area (Å²) >= 11 is 0. The highest BCUT2D eigenvalue weighted by molar-refractivity contribution is 5.54. The fourth-order valence-electron chi connectivity index (χ4n) is 2.63. The Morgan fingerprint density at radius 3 is 1.25 bits per heavy atom. The molecule has 0 aliphatic carbocycles. The van der Waals surface area contributed by atoms with E-state index in [4.69, 9.17) is 0 Å². The number of likely N-dealkylation sites (N-methyl/N-ethyl adjacent to an activating group) is 2. The fraction of sp³-hybridized carbons (Fsp3) is 0.333. The molecule has 0 aromatic heterocycles. The van der Waals surface area contributed by atoms with Gasteiger partial charge in [0.2, 0.25) is 0 Å². The van der Waals surface area contributed by atoms with Crippen LogP contribution < -0.4 is 9.80 Å². The molecule has 0 aliphatic rings. The summed E-state index contributed by atoms with van der Waals surface area (Å²) < 4.78 is 0. The zero-order valence-corrected chi connectivity index (χ0v) is 14.1. The monoisotopic (exact) mass is 326 g/mol. The van der Waals surface area contributed by atoms with E-state index in [-0.39, 0.29) is 0 Å².